The molecule has 3 N–H and O–H groups in total. The summed E-state index contributed by atoms with van der Waals surface area (Å²) < 4.78 is 26.7. The zero-order chi connectivity index (χ0) is 14.9. The van der Waals surface area contributed by atoms with Gasteiger partial charge in [-0.3, -0.25) is 0 Å². The number of anilines is 4. The van der Waals surface area contributed by atoms with E-state index in [1.54, 1.807) is 6.07 Å². The molecule has 6 heteroatoms. The molecule has 4 nitrogen and oxygen atoms in total. The molecule has 20 heavy (non-hydrogen) atoms. The molecule has 0 aliphatic rings. The number of hydrogen-bond donors (Lipinski definition) is 2. The second kappa shape index (κ2) is 5.32. The molecule has 0 amide bonds. The molecule has 2 rings (SSSR count). The van der Waals surface area contributed by atoms with Crippen LogP contribution in [0, 0.1) is 18.6 Å². The zero-order valence-electron chi connectivity index (χ0n) is 11.5. The summed E-state index contributed by atoms with van der Waals surface area (Å²) in [6, 6.07) is 6.27. The molecule has 1 aromatic heterocycles. The Morgan fingerprint density at radius 3 is 2.50 bits per heavy atom. The van der Waals surface area contributed by atoms with E-state index in [4.69, 9.17) is 5.73 Å². The first-order chi connectivity index (χ1) is 9.38. The number of nitrogens with one attached hydrogen (secondary N) is 1. The van der Waals surface area contributed by atoms with E-state index in [0.717, 1.165) is 11.3 Å². The summed E-state index contributed by atoms with van der Waals surface area (Å²) in [5, 5.41) is 2.80. The summed E-state index contributed by atoms with van der Waals surface area (Å²) in [5.74, 6) is -2.10. The Balaban J connectivity index is 2.35. The number of nitrogens with two attached hydrogens (primary N) is 1. The first-order valence-corrected chi connectivity index (χ1v) is 6.05. The zero-order valence-corrected chi connectivity index (χ0v) is 11.5. The van der Waals surface area contributed by atoms with E-state index in [0.29, 0.717) is 11.8 Å². The molecule has 0 spiro atoms. The maximum absolute atomic E-state index is 13.6. The van der Waals surface area contributed by atoms with Crippen LogP contribution in [0.2, 0.25) is 0 Å². The molecule has 0 atom stereocenters. The SMILES string of the molecule is Cc1ccc(Nc2nc(N)c(F)cc2F)cc1N(C)C. The van der Waals surface area contributed by atoms with Gasteiger partial charge in [0.25, 0.3) is 0 Å². The number of hydrogen-bond acceptors (Lipinski definition) is 4. The Hall–Kier alpha value is -2.37. The van der Waals surface area contributed by atoms with Gasteiger partial charge < -0.3 is 16.0 Å². The number of aryl methyl sites for hydroxylation is 1. The van der Waals surface area contributed by atoms with Crippen LogP contribution in [0.3, 0.4) is 0 Å². The van der Waals surface area contributed by atoms with Crippen molar-refractivity contribution in [2.24, 2.45) is 0 Å². The summed E-state index contributed by atoms with van der Waals surface area (Å²) in [4.78, 5) is 5.62. The highest BCUT2D eigenvalue weighted by Gasteiger charge is 2.11. The van der Waals surface area contributed by atoms with Crippen molar-refractivity contribution in [2.75, 3.05) is 30.0 Å². The lowest BCUT2D eigenvalue weighted by Crippen LogP contribution is -2.10. The number of rotatable bonds is 3. The largest absolute Gasteiger partial charge is 0.381 e. The van der Waals surface area contributed by atoms with Gasteiger partial charge in [-0.2, -0.15) is 0 Å². The summed E-state index contributed by atoms with van der Waals surface area (Å²) in [6.45, 7) is 1.98. The van der Waals surface area contributed by atoms with Crippen molar-refractivity contribution in [1.82, 2.24) is 4.98 Å². The molecule has 0 aliphatic heterocycles. The smallest absolute Gasteiger partial charge is 0.169 e. The Labute approximate surface area is 116 Å². The fourth-order valence-corrected chi connectivity index (χ4v) is 1.87. The van der Waals surface area contributed by atoms with E-state index >= 15 is 0 Å². The van der Waals surface area contributed by atoms with Crippen molar-refractivity contribution in [1.29, 1.82) is 0 Å². The molecule has 0 aliphatic carbocycles. The van der Waals surface area contributed by atoms with Gasteiger partial charge in [0.1, 0.15) is 0 Å². The second-order valence-corrected chi connectivity index (χ2v) is 4.71. The number of nitrogen functional groups attached to an aromatic ring is 1. The second-order valence-electron chi connectivity index (χ2n) is 4.71. The van der Waals surface area contributed by atoms with Gasteiger partial charge in [0.05, 0.1) is 0 Å². The maximum atomic E-state index is 13.6. The number of aromatic nitrogens is 1. The van der Waals surface area contributed by atoms with E-state index in [1.807, 2.05) is 38.1 Å². The van der Waals surface area contributed by atoms with Gasteiger partial charge in [0.15, 0.2) is 23.3 Å². The normalized spacial score (nSPS) is 10.4. The van der Waals surface area contributed by atoms with Crippen LogP contribution in [-0.2, 0) is 0 Å². The molecular formula is C14H16F2N4. The summed E-state index contributed by atoms with van der Waals surface area (Å²) in [6.07, 6.45) is 0. The summed E-state index contributed by atoms with van der Waals surface area (Å²) in [5.41, 5.74) is 8.08. The summed E-state index contributed by atoms with van der Waals surface area (Å²) in [7, 11) is 3.83. The van der Waals surface area contributed by atoms with Crippen molar-refractivity contribution >= 4 is 23.0 Å². The van der Waals surface area contributed by atoms with Crippen molar-refractivity contribution in [3.8, 4) is 0 Å². The molecule has 0 radical (unpaired) electrons. The molecule has 1 heterocycles. The third-order valence-electron chi connectivity index (χ3n) is 2.91. The molecule has 0 bridgehead atoms. The third kappa shape index (κ3) is 2.79. The van der Waals surface area contributed by atoms with Crippen LogP contribution in [0.1, 0.15) is 5.56 Å². The Morgan fingerprint density at radius 2 is 1.85 bits per heavy atom. The minimum absolute atomic E-state index is 0.0996. The average molecular weight is 278 g/mol. The highest BCUT2D eigenvalue weighted by molar-refractivity contribution is 5.66. The fourth-order valence-electron chi connectivity index (χ4n) is 1.87. The van der Waals surface area contributed by atoms with Crippen molar-refractivity contribution in [2.45, 2.75) is 6.92 Å². The topological polar surface area (TPSA) is 54.2 Å². The average Bonchev–Trinajstić information content (AvgIpc) is 2.37. The third-order valence-corrected chi connectivity index (χ3v) is 2.91. The molecule has 0 saturated heterocycles. The molecule has 1 aromatic carbocycles. The Kier molecular flexibility index (Phi) is 3.74. The van der Waals surface area contributed by atoms with Gasteiger partial charge in [-0.15, -0.1) is 0 Å². The minimum atomic E-state index is -0.870. The monoisotopic (exact) mass is 278 g/mol. The van der Waals surface area contributed by atoms with Crippen LogP contribution < -0.4 is 16.0 Å². The number of pyridine rings is 1. The quantitative estimate of drug-likeness (QED) is 0.906. The Bertz CT molecular complexity index is 641. The predicted octanol–water partition coefficient (Wildman–Crippen LogP) is 3.06. The van der Waals surface area contributed by atoms with E-state index in [-0.39, 0.29) is 11.6 Å². The minimum Gasteiger partial charge on any atom is -0.381 e. The van der Waals surface area contributed by atoms with Crippen molar-refractivity contribution < 1.29 is 8.78 Å². The van der Waals surface area contributed by atoms with Gasteiger partial charge in [-0.25, -0.2) is 13.8 Å². The van der Waals surface area contributed by atoms with Crippen LogP contribution in [0.5, 0.6) is 0 Å². The van der Waals surface area contributed by atoms with Gasteiger partial charge in [0.2, 0.25) is 0 Å². The van der Waals surface area contributed by atoms with Crippen LogP contribution in [0.15, 0.2) is 24.3 Å². The van der Waals surface area contributed by atoms with Gasteiger partial charge in [0, 0.05) is 31.5 Å². The maximum Gasteiger partial charge on any atom is 0.169 e. The lowest BCUT2D eigenvalue weighted by Gasteiger charge is -2.17. The molecule has 2 aromatic rings. The lowest BCUT2D eigenvalue weighted by molar-refractivity contribution is 0.581. The van der Waals surface area contributed by atoms with E-state index in [9.17, 15) is 8.78 Å². The molecule has 0 saturated carbocycles. The lowest BCUT2D eigenvalue weighted by atomic mass is 10.1. The van der Waals surface area contributed by atoms with Crippen molar-refractivity contribution in [3.63, 3.8) is 0 Å². The molecule has 0 unspecified atom stereocenters. The number of halogens is 2. The van der Waals surface area contributed by atoms with Gasteiger partial charge in [-0.05, 0) is 24.6 Å². The highest BCUT2D eigenvalue weighted by Crippen LogP contribution is 2.26. The summed E-state index contributed by atoms with van der Waals surface area (Å²) >= 11 is 0. The van der Waals surface area contributed by atoms with E-state index in [1.165, 1.54) is 0 Å². The fraction of sp³-hybridized carbons (Fsp3) is 0.214. The predicted molar refractivity (Wildman–Crippen MR) is 77.4 cm³/mol. The molecule has 0 fully saturated rings. The van der Waals surface area contributed by atoms with E-state index < -0.39 is 11.6 Å². The van der Waals surface area contributed by atoms with E-state index in [2.05, 4.69) is 10.3 Å². The standard InChI is InChI=1S/C14H16F2N4/c1-8-4-5-9(6-12(8)20(2)3)18-14-11(16)7-10(15)13(17)19-14/h4-7H,1-3H3,(H3,17,18,19). The highest BCUT2D eigenvalue weighted by atomic mass is 19.1. The molecule has 106 valence electrons. The van der Waals surface area contributed by atoms with Crippen LogP contribution >= 0.6 is 0 Å². The van der Waals surface area contributed by atoms with Gasteiger partial charge in [-0.1, -0.05) is 6.07 Å². The van der Waals surface area contributed by atoms with Gasteiger partial charge >= 0.3 is 0 Å². The first-order valence-electron chi connectivity index (χ1n) is 6.05. The van der Waals surface area contributed by atoms with Crippen molar-refractivity contribution in [3.05, 3.63) is 41.5 Å². The number of nitrogens with zero attached hydrogens (tertiary/aromatic N) is 2. The van der Waals surface area contributed by atoms with Crippen LogP contribution in [0.25, 0.3) is 0 Å². The first kappa shape index (κ1) is 14.0. The Morgan fingerprint density at radius 1 is 1.15 bits per heavy atom. The van der Waals surface area contributed by atoms with Crippen LogP contribution in [0.4, 0.5) is 31.8 Å². The van der Waals surface area contributed by atoms with Crippen LogP contribution in [-0.4, -0.2) is 19.1 Å². The molecular weight excluding hydrogens is 262 g/mol. The number of benzene rings is 1.